The molecule has 1 aliphatic carbocycles. The number of nitrogens with one attached hydrogen (secondary N) is 1. The van der Waals surface area contributed by atoms with E-state index in [-0.39, 0.29) is 12.2 Å². The van der Waals surface area contributed by atoms with Crippen LogP contribution in [0.4, 0.5) is 11.6 Å². The first kappa shape index (κ1) is 28.9. The highest BCUT2D eigenvalue weighted by atomic mass is 16.2. The molecule has 2 aliphatic rings. The number of aldehydes is 1. The second kappa shape index (κ2) is 12.5. The number of carbonyl (C=O) groups is 3. The Morgan fingerprint density at radius 1 is 1.05 bits per heavy atom. The fourth-order valence-corrected chi connectivity index (χ4v) is 5.21. The number of carbonyl (C=O) groups excluding carboxylic acids is 3. The molecular weight excluding hydrogens is 532 g/mol. The summed E-state index contributed by atoms with van der Waals surface area (Å²) in [7, 11) is 5.20. The molecule has 0 spiro atoms. The van der Waals surface area contributed by atoms with Gasteiger partial charge in [0, 0.05) is 56.3 Å². The minimum atomic E-state index is -0.500. The monoisotopic (exact) mass is 568 g/mol. The Labute approximate surface area is 244 Å². The third-order valence-electron chi connectivity index (χ3n) is 7.64. The van der Waals surface area contributed by atoms with Gasteiger partial charge in [0.2, 0.25) is 6.29 Å². The van der Waals surface area contributed by atoms with E-state index in [0.717, 1.165) is 48.5 Å². The first-order chi connectivity index (χ1) is 20.2. The number of nitrogens with zero attached hydrogens (tertiary/aromatic N) is 6. The second-order valence-electron chi connectivity index (χ2n) is 11.1. The smallest absolute Gasteiger partial charge is 0.286 e. The highest BCUT2D eigenvalue weighted by Crippen LogP contribution is 2.40. The predicted molar refractivity (Wildman–Crippen MR) is 161 cm³/mol. The lowest BCUT2D eigenvalue weighted by Crippen LogP contribution is -2.31. The molecule has 42 heavy (non-hydrogen) atoms. The third kappa shape index (κ3) is 6.46. The van der Waals surface area contributed by atoms with Crippen molar-refractivity contribution in [3.05, 3.63) is 71.9 Å². The van der Waals surface area contributed by atoms with E-state index in [9.17, 15) is 14.4 Å². The van der Waals surface area contributed by atoms with Crippen molar-refractivity contribution in [2.45, 2.75) is 37.5 Å². The van der Waals surface area contributed by atoms with Crippen LogP contribution in [0.3, 0.4) is 0 Å². The molecule has 3 N–H and O–H groups in total. The molecule has 4 aromatic rings. The first-order valence-corrected chi connectivity index (χ1v) is 14.1. The molecule has 11 heteroatoms. The van der Waals surface area contributed by atoms with Crippen LogP contribution in [0, 0.1) is 0 Å². The number of likely N-dealkylation sites (N-methyl/N-ethyl adjacent to an activating group) is 2. The van der Waals surface area contributed by atoms with Gasteiger partial charge in [-0.3, -0.25) is 18.8 Å². The number of likely N-dealkylation sites (tertiary alicyclic amines) is 1. The summed E-state index contributed by atoms with van der Waals surface area (Å²) in [5.74, 6) is 2.32. The van der Waals surface area contributed by atoms with Crippen LogP contribution in [0.2, 0.25) is 0 Å². The number of benzene rings is 1. The second-order valence-corrected chi connectivity index (χ2v) is 11.1. The molecule has 1 saturated carbocycles. The Bertz CT molecular complexity index is 1590. The van der Waals surface area contributed by atoms with Crippen molar-refractivity contribution in [3.8, 4) is 11.3 Å². The van der Waals surface area contributed by atoms with E-state index in [0.29, 0.717) is 29.0 Å². The summed E-state index contributed by atoms with van der Waals surface area (Å²) in [5, 5.41) is 2.93. The molecule has 2 amide bonds. The van der Waals surface area contributed by atoms with Gasteiger partial charge in [-0.25, -0.2) is 15.0 Å². The van der Waals surface area contributed by atoms with Crippen LogP contribution in [0.15, 0.2) is 55.0 Å². The van der Waals surface area contributed by atoms with Gasteiger partial charge in [0.15, 0.2) is 0 Å². The molecule has 1 unspecified atom stereocenters. The summed E-state index contributed by atoms with van der Waals surface area (Å²) in [6.45, 7) is 2.08. The molecule has 1 aliphatic heterocycles. The fraction of sp³-hybridized carbons (Fsp3) is 0.355. The van der Waals surface area contributed by atoms with E-state index in [1.54, 1.807) is 12.4 Å². The summed E-state index contributed by atoms with van der Waals surface area (Å²) in [4.78, 5) is 49.7. The Balaban J connectivity index is 0.000000451. The average molecular weight is 569 g/mol. The third-order valence-corrected chi connectivity index (χ3v) is 7.64. The van der Waals surface area contributed by atoms with Crippen LogP contribution in [-0.2, 0) is 9.59 Å². The number of piperidine rings is 1. The molecule has 1 atom stereocenters. The molecule has 2 fully saturated rings. The van der Waals surface area contributed by atoms with Gasteiger partial charge in [0.05, 0.1) is 0 Å². The minimum absolute atomic E-state index is 0.182. The number of nitrogens with two attached hydrogens (primary N) is 1. The topological polar surface area (TPSA) is 139 Å². The largest absolute Gasteiger partial charge is 0.382 e. The van der Waals surface area contributed by atoms with Gasteiger partial charge >= 0.3 is 0 Å². The van der Waals surface area contributed by atoms with Crippen molar-refractivity contribution < 1.29 is 14.4 Å². The molecule has 0 bridgehead atoms. The molecule has 4 heterocycles. The number of hydrogen-bond donors (Lipinski definition) is 2. The molecule has 1 aromatic carbocycles. The summed E-state index contributed by atoms with van der Waals surface area (Å²) in [6.07, 6.45) is 10.4. The molecule has 11 nitrogen and oxygen atoms in total. The van der Waals surface area contributed by atoms with Gasteiger partial charge in [-0.2, -0.15) is 0 Å². The Hall–Kier alpha value is -4.64. The van der Waals surface area contributed by atoms with Crippen LogP contribution in [0.5, 0.6) is 0 Å². The average Bonchev–Trinajstić information content (AvgIpc) is 3.77. The maximum absolute atomic E-state index is 12.9. The van der Waals surface area contributed by atoms with E-state index < -0.39 is 5.91 Å². The number of amides is 2. The van der Waals surface area contributed by atoms with Crippen LogP contribution in [0.1, 0.15) is 59.3 Å². The molecule has 6 rings (SSSR count). The summed E-state index contributed by atoms with van der Waals surface area (Å²) in [6, 6.07) is 11.5. The van der Waals surface area contributed by atoms with E-state index in [1.165, 1.54) is 37.4 Å². The van der Waals surface area contributed by atoms with Gasteiger partial charge in [-0.05, 0) is 75.0 Å². The van der Waals surface area contributed by atoms with Gasteiger partial charge < -0.3 is 20.9 Å². The Morgan fingerprint density at radius 2 is 1.81 bits per heavy atom. The van der Waals surface area contributed by atoms with Crippen molar-refractivity contribution in [2.24, 2.45) is 0 Å². The molecule has 3 aromatic heterocycles. The summed E-state index contributed by atoms with van der Waals surface area (Å²) < 4.78 is 2.08. The van der Waals surface area contributed by atoms with Gasteiger partial charge in [0.1, 0.15) is 28.7 Å². The maximum atomic E-state index is 12.9. The number of fused-ring (bicyclic) bond motifs is 1. The Morgan fingerprint density at radius 3 is 2.45 bits per heavy atom. The lowest BCUT2D eigenvalue weighted by molar-refractivity contribution is -0.136. The first-order valence-electron chi connectivity index (χ1n) is 14.1. The zero-order valence-corrected chi connectivity index (χ0v) is 24.2. The van der Waals surface area contributed by atoms with Crippen LogP contribution < -0.4 is 11.1 Å². The van der Waals surface area contributed by atoms with Gasteiger partial charge in [-0.15, -0.1) is 0 Å². The van der Waals surface area contributed by atoms with Crippen molar-refractivity contribution >= 4 is 35.3 Å². The summed E-state index contributed by atoms with van der Waals surface area (Å²) >= 11 is 0. The van der Waals surface area contributed by atoms with Crippen LogP contribution >= 0.6 is 0 Å². The number of imidazole rings is 1. The van der Waals surface area contributed by atoms with E-state index >= 15 is 0 Å². The summed E-state index contributed by atoms with van der Waals surface area (Å²) in [5.41, 5.74) is 10.6. The van der Waals surface area contributed by atoms with Gasteiger partial charge in [-0.1, -0.05) is 12.1 Å². The SMILES string of the molecule is CN(C)C(=O)C=O.CN1CCCC(c2nc(-c3ccc(C(=O)Nc4cc(C5CC5)ccn4)cc3)c3c(N)nccn23)C1. The quantitative estimate of drug-likeness (QED) is 0.266. The van der Waals surface area contributed by atoms with Crippen molar-refractivity contribution in [2.75, 3.05) is 45.3 Å². The number of hydrogen-bond acceptors (Lipinski definition) is 8. The maximum Gasteiger partial charge on any atom is 0.286 e. The van der Waals surface area contributed by atoms with Crippen molar-refractivity contribution in [1.82, 2.24) is 29.2 Å². The van der Waals surface area contributed by atoms with E-state index in [4.69, 9.17) is 10.7 Å². The number of anilines is 2. The highest BCUT2D eigenvalue weighted by molar-refractivity contribution is 6.23. The van der Waals surface area contributed by atoms with Crippen LogP contribution in [0.25, 0.3) is 16.8 Å². The van der Waals surface area contributed by atoms with Crippen LogP contribution in [-0.4, -0.2) is 81.5 Å². The van der Waals surface area contributed by atoms with Crippen molar-refractivity contribution in [1.29, 1.82) is 0 Å². The van der Waals surface area contributed by atoms with E-state index in [1.807, 2.05) is 42.6 Å². The van der Waals surface area contributed by atoms with Crippen molar-refractivity contribution in [3.63, 3.8) is 0 Å². The highest BCUT2D eigenvalue weighted by Gasteiger charge is 2.26. The van der Waals surface area contributed by atoms with Gasteiger partial charge in [0.25, 0.3) is 11.8 Å². The number of pyridine rings is 1. The Kier molecular flexibility index (Phi) is 8.58. The lowest BCUT2D eigenvalue weighted by atomic mass is 9.98. The number of rotatable bonds is 6. The molecular formula is C31H36N8O3. The lowest BCUT2D eigenvalue weighted by Gasteiger charge is -2.28. The molecule has 1 saturated heterocycles. The van der Waals surface area contributed by atoms with E-state index in [2.05, 4.69) is 31.6 Å². The molecule has 218 valence electrons. The fourth-order valence-electron chi connectivity index (χ4n) is 5.21. The predicted octanol–water partition coefficient (Wildman–Crippen LogP) is 3.59. The normalized spacial score (nSPS) is 16.8. The zero-order chi connectivity index (χ0) is 29.8. The molecule has 0 radical (unpaired) electrons. The number of aromatic nitrogens is 4. The number of nitrogen functional groups attached to an aromatic ring is 1. The minimum Gasteiger partial charge on any atom is -0.382 e. The standard InChI is InChI=1S/C27H29N7O.C4H7NO2/c1-33-13-2-3-21(16-33)26-32-23(24-25(28)30-12-14-34(24)26)18-6-8-19(9-7-18)27(35)31-22-15-20(10-11-29-22)17-4-5-17;1-5(2)4(7)3-6/h6-12,14-15,17,21H,2-5,13,16H2,1H3,(H2,28,30)(H,29,31,35);3H,1-2H3. The zero-order valence-electron chi connectivity index (χ0n) is 24.2.